The van der Waals surface area contributed by atoms with Gasteiger partial charge in [0.05, 0.1) is 0 Å². The minimum absolute atomic E-state index is 0.111. The van der Waals surface area contributed by atoms with Gasteiger partial charge in [-0.05, 0) is 39.2 Å². The Kier molecular flexibility index (Phi) is 7.82. The number of thioether (sulfide) groups is 1. The summed E-state index contributed by atoms with van der Waals surface area (Å²) in [7, 11) is 1.73. The maximum atomic E-state index is 12.2. The summed E-state index contributed by atoms with van der Waals surface area (Å²) < 4.78 is 0. The number of rotatable bonds is 7. The monoisotopic (exact) mass is 276 g/mol. The second-order valence-electron chi connectivity index (χ2n) is 4.64. The molecule has 0 aromatic rings. The lowest BCUT2D eigenvalue weighted by Crippen LogP contribution is -2.49. The van der Waals surface area contributed by atoms with Crippen LogP contribution in [0.15, 0.2) is 0 Å². The van der Waals surface area contributed by atoms with E-state index in [9.17, 15) is 9.59 Å². The second-order valence-corrected chi connectivity index (χ2v) is 5.62. The van der Waals surface area contributed by atoms with Gasteiger partial charge < -0.3 is 14.9 Å². The van der Waals surface area contributed by atoms with Crippen molar-refractivity contribution in [2.24, 2.45) is 0 Å². The predicted octanol–water partition coefficient (Wildman–Crippen LogP) is 1.97. The van der Waals surface area contributed by atoms with Gasteiger partial charge in [-0.3, -0.25) is 4.79 Å². The number of carboxylic acids is 1. The van der Waals surface area contributed by atoms with Gasteiger partial charge in [0.25, 0.3) is 0 Å². The number of carbonyl (C=O) groups excluding carboxylic acids is 1. The van der Waals surface area contributed by atoms with Gasteiger partial charge >= 0.3 is 12.0 Å². The van der Waals surface area contributed by atoms with Crippen molar-refractivity contribution in [3.63, 3.8) is 0 Å². The van der Waals surface area contributed by atoms with Crippen LogP contribution in [-0.2, 0) is 4.79 Å². The van der Waals surface area contributed by atoms with Gasteiger partial charge in [0.15, 0.2) is 0 Å². The number of amides is 2. The molecule has 0 fully saturated rings. The SMILES string of the molecule is CSCCC(C)N(C)C(=O)N(CC(=O)O)C(C)C. The average Bonchev–Trinajstić information content (AvgIpc) is 2.30. The van der Waals surface area contributed by atoms with Crippen LogP contribution < -0.4 is 0 Å². The number of aliphatic carboxylic acids is 1. The molecule has 0 aliphatic heterocycles. The number of carbonyl (C=O) groups is 2. The molecular weight excluding hydrogens is 252 g/mol. The maximum Gasteiger partial charge on any atom is 0.323 e. The van der Waals surface area contributed by atoms with E-state index in [2.05, 4.69) is 0 Å². The highest BCUT2D eigenvalue weighted by atomic mass is 32.2. The Morgan fingerprint density at radius 1 is 1.28 bits per heavy atom. The van der Waals surface area contributed by atoms with E-state index in [4.69, 9.17) is 5.11 Å². The number of nitrogens with zero attached hydrogens (tertiary/aromatic N) is 2. The van der Waals surface area contributed by atoms with Crippen LogP contribution in [0.3, 0.4) is 0 Å². The molecular formula is C12H24N2O3S. The summed E-state index contributed by atoms with van der Waals surface area (Å²) in [5.74, 6) is 0.00145. The van der Waals surface area contributed by atoms with Crippen molar-refractivity contribution in [1.29, 1.82) is 0 Å². The van der Waals surface area contributed by atoms with Crippen molar-refractivity contribution in [2.75, 3.05) is 25.6 Å². The molecule has 6 heteroatoms. The first-order valence-electron chi connectivity index (χ1n) is 6.05. The Labute approximate surface area is 114 Å². The predicted molar refractivity (Wildman–Crippen MR) is 75.1 cm³/mol. The number of hydrogen-bond donors (Lipinski definition) is 1. The summed E-state index contributed by atoms with van der Waals surface area (Å²) in [6.07, 6.45) is 2.93. The van der Waals surface area contributed by atoms with Crippen LogP contribution in [0.5, 0.6) is 0 Å². The zero-order valence-corrected chi connectivity index (χ0v) is 12.7. The first-order chi connectivity index (χ1) is 8.31. The zero-order valence-electron chi connectivity index (χ0n) is 11.8. The van der Waals surface area contributed by atoms with Crippen molar-refractivity contribution >= 4 is 23.8 Å². The Balaban J connectivity index is 4.60. The van der Waals surface area contributed by atoms with Crippen LogP contribution in [0, 0.1) is 0 Å². The second kappa shape index (κ2) is 8.24. The largest absolute Gasteiger partial charge is 0.480 e. The number of carboxylic acid groups (broad SMARTS) is 1. The van der Waals surface area contributed by atoms with Crippen LogP contribution in [0.25, 0.3) is 0 Å². The van der Waals surface area contributed by atoms with E-state index in [1.807, 2.05) is 27.0 Å². The summed E-state index contributed by atoms with van der Waals surface area (Å²) in [5, 5.41) is 8.83. The first-order valence-corrected chi connectivity index (χ1v) is 7.44. The average molecular weight is 276 g/mol. The van der Waals surface area contributed by atoms with Gasteiger partial charge in [-0.15, -0.1) is 0 Å². The fourth-order valence-corrected chi connectivity index (χ4v) is 2.07. The molecule has 1 N–H and O–H groups in total. The molecule has 2 amide bonds. The van der Waals surface area contributed by atoms with Crippen LogP contribution in [0.4, 0.5) is 4.79 Å². The van der Waals surface area contributed by atoms with Crippen LogP contribution in [-0.4, -0.2) is 64.6 Å². The van der Waals surface area contributed by atoms with Crippen LogP contribution in [0.2, 0.25) is 0 Å². The Hall–Kier alpha value is -0.910. The van der Waals surface area contributed by atoms with Crippen molar-refractivity contribution in [1.82, 2.24) is 9.80 Å². The molecule has 18 heavy (non-hydrogen) atoms. The highest BCUT2D eigenvalue weighted by molar-refractivity contribution is 7.98. The van der Waals surface area contributed by atoms with E-state index in [0.29, 0.717) is 0 Å². The van der Waals surface area contributed by atoms with Crippen molar-refractivity contribution in [2.45, 2.75) is 39.3 Å². The molecule has 0 aromatic carbocycles. The smallest absolute Gasteiger partial charge is 0.323 e. The minimum atomic E-state index is -0.984. The lowest BCUT2D eigenvalue weighted by Gasteiger charge is -2.33. The summed E-state index contributed by atoms with van der Waals surface area (Å²) in [4.78, 5) is 26.0. The van der Waals surface area contributed by atoms with Crippen LogP contribution in [0.1, 0.15) is 27.2 Å². The van der Waals surface area contributed by atoms with E-state index in [-0.39, 0.29) is 24.7 Å². The van der Waals surface area contributed by atoms with E-state index < -0.39 is 5.97 Å². The van der Waals surface area contributed by atoms with Gasteiger partial charge in [-0.1, -0.05) is 0 Å². The molecule has 1 atom stereocenters. The molecule has 0 bridgehead atoms. The summed E-state index contributed by atoms with van der Waals surface area (Å²) >= 11 is 1.74. The molecule has 0 saturated carbocycles. The summed E-state index contributed by atoms with van der Waals surface area (Å²) in [6, 6.07) is -0.232. The van der Waals surface area contributed by atoms with E-state index in [0.717, 1.165) is 12.2 Å². The summed E-state index contributed by atoms with van der Waals surface area (Å²) in [5.41, 5.74) is 0. The minimum Gasteiger partial charge on any atom is -0.480 e. The molecule has 0 heterocycles. The third-order valence-corrected chi connectivity index (χ3v) is 3.52. The molecule has 0 saturated heterocycles. The van der Waals surface area contributed by atoms with Gasteiger partial charge in [-0.2, -0.15) is 11.8 Å². The lowest BCUT2D eigenvalue weighted by molar-refractivity contribution is -0.138. The molecule has 106 valence electrons. The first kappa shape index (κ1) is 17.1. The quantitative estimate of drug-likeness (QED) is 0.772. The fourth-order valence-electron chi connectivity index (χ4n) is 1.49. The van der Waals surface area contributed by atoms with E-state index >= 15 is 0 Å². The Morgan fingerprint density at radius 3 is 2.22 bits per heavy atom. The fraction of sp³-hybridized carbons (Fsp3) is 0.833. The number of urea groups is 1. The molecule has 0 aliphatic rings. The zero-order chi connectivity index (χ0) is 14.3. The van der Waals surface area contributed by atoms with Gasteiger partial charge in [-0.25, -0.2) is 4.79 Å². The number of hydrogen-bond acceptors (Lipinski definition) is 3. The Morgan fingerprint density at radius 2 is 1.83 bits per heavy atom. The third-order valence-electron chi connectivity index (χ3n) is 2.88. The molecule has 0 rings (SSSR count). The van der Waals surface area contributed by atoms with Crippen molar-refractivity contribution in [3.8, 4) is 0 Å². The third kappa shape index (κ3) is 5.62. The lowest BCUT2D eigenvalue weighted by atomic mass is 10.2. The highest BCUT2D eigenvalue weighted by Gasteiger charge is 2.25. The molecule has 0 aromatic heterocycles. The molecule has 0 aliphatic carbocycles. The maximum absolute atomic E-state index is 12.2. The standard InChI is InChI=1S/C12H24N2O3S/c1-9(2)14(8-11(15)16)12(17)13(4)10(3)6-7-18-5/h9-10H,6-8H2,1-5H3,(H,15,16). The molecule has 0 radical (unpaired) electrons. The van der Waals surface area contributed by atoms with Crippen molar-refractivity contribution < 1.29 is 14.7 Å². The normalized spacial score (nSPS) is 12.3. The Bertz CT molecular complexity index is 284. The van der Waals surface area contributed by atoms with Crippen molar-refractivity contribution in [3.05, 3.63) is 0 Å². The molecule has 5 nitrogen and oxygen atoms in total. The van der Waals surface area contributed by atoms with Crippen LogP contribution >= 0.6 is 11.8 Å². The van der Waals surface area contributed by atoms with Gasteiger partial charge in [0.2, 0.25) is 0 Å². The highest BCUT2D eigenvalue weighted by Crippen LogP contribution is 2.10. The van der Waals surface area contributed by atoms with Gasteiger partial charge in [0.1, 0.15) is 6.54 Å². The van der Waals surface area contributed by atoms with Gasteiger partial charge in [0, 0.05) is 19.1 Å². The van der Waals surface area contributed by atoms with E-state index in [1.54, 1.807) is 23.7 Å². The topological polar surface area (TPSA) is 60.9 Å². The van der Waals surface area contributed by atoms with E-state index in [1.165, 1.54) is 4.90 Å². The summed E-state index contributed by atoms with van der Waals surface area (Å²) in [6.45, 7) is 5.37. The molecule has 1 unspecified atom stereocenters. The molecule has 0 spiro atoms.